The second-order valence-corrected chi connectivity index (χ2v) is 8.24. The van der Waals surface area contributed by atoms with Crippen molar-refractivity contribution in [2.75, 3.05) is 11.5 Å². The molecule has 1 aromatic carbocycles. The number of thioether (sulfide) groups is 1. The first-order chi connectivity index (χ1) is 8.94. The molecular weight excluding hydrogens is 287 g/mol. The van der Waals surface area contributed by atoms with Crippen molar-refractivity contribution in [1.29, 1.82) is 5.41 Å². The highest BCUT2D eigenvalue weighted by atomic mass is 32.2. The van der Waals surface area contributed by atoms with Crippen molar-refractivity contribution in [2.24, 2.45) is 0 Å². The summed E-state index contributed by atoms with van der Waals surface area (Å²) in [5, 5.41) is 8.33. The summed E-state index contributed by atoms with van der Waals surface area (Å²) in [4.78, 5) is 1.81. The number of halogens is 1. The molecule has 2 aliphatic heterocycles. The van der Waals surface area contributed by atoms with Gasteiger partial charge in [0.2, 0.25) is 0 Å². The van der Waals surface area contributed by atoms with Crippen molar-refractivity contribution < 1.29 is 12.8 Å². The summed E-state index contributed by atoms with van der Waals surface area (Å²) in [6.45, 7) is 0.461. The van der Waals surface area contributed by atoms with Gasteiger partial charge in [-0.25, -0.2) is 12.8 Å². The summed E-state index contributed by atoms with van der Waals surface area (Å²) in [7, 11) is -2.98. The molecule has 2 aliphatic rings. The lowest BCUT2D eigenvalue weighted by Gasteiger charge is -2.23. The lowest BCUT2D eigenvalue weighted by molar-refractivity contribution is 0.349. The van der Waals surface area contributed by atoms with Crippen molar-refractivity contribution in [3.05, 3.63) is 35.6 Å². The first-order valence-electron chi connectivity index (χ1n) is 5.91. The van der Waals surface area contributed by atoms with E-state index in [4.69, 9.17) is 5.41 Å². The summed E-state index contributed by atoms with van der Waals surface area (Å²) in [6.07, 6.45) is 0. The number of rotatable bonds is 2. The third-order valence-corrected chi connectivity index (χ3v) is 6.63. The van der Waals surface area contributed by atoms with E-state index in [-0.39, 0.29) is 28.6 Å². The van der Waals surface area contributed by atoms with Gasteiger partial charge in [0.05, 0.1) is 17.5 Å². The molecule has 0 spiro atoms. The molecule has 0 unspecified atom stereocenters. The van der Waals surface area contributed by atoms with Gasteiger partial charge in [-0.05, 0) is 17.7 Å². The van der Waals surface area contributed by atoms with Crippen molar-refractivity contribution >= 4 is 26.8 Å². The van der Waals surface area contributed by atoms with Crippen LogP contribution in [0, 0.1) is 11.2 Å². The van der Waals surface area contributed by atoms with Gasteiger partial charge in [-0.15, -0.1) is 0 Å². The van der Waals surface area contributed by atoms with E-state index in [0.29, 0.717) is 11.7 Å². The van der Waals surface area contributed by atoms with E-state index in [9.17, 15) is 12.8 Å². The van der Waals surface area contributed by atoms with Crippen LogP contribution in [-0.2, 0) is 16.4 Å². The second kappa shape index (κ2) is 4.49. The topological polar surface area (TPSA) is 61.2 Å². The Labute approximate surface area is 115 Å². The summed E-state index contributed by atoms with van der Waals surface area (Å²) in [5.74, 6) is -0.0188. The predicted molar refractivity (Wildman–Crippen MR) is 73.5 cm³/mol. The van der Waals surface area contributed by atoms with E-state index < -0.39 is 9.84 Å². The van der Waals surface area contributed by atoms with Gasteiger partial charge in [0, 0.05) is 11.8 Å². The number of amidine groups is 1. The Bertz CT molecular complexity index is 615. The van der Waals surface area contributed by atoms with E-state index in [0.717, 1.165) is 5.56 Å². The Morgan fingerprint density at radius 1 is 1.32 bits per heavy atom. The largest absolute Gasteiger partial charge is 0.342 e. The van der Waals surface area contributed by atoms with E-state index in [2.05, 4.69) is 0 Å². The van der Waals surface area contributed by atoms with Crippen LogP contribution >= 0.6 is 11.8 Å². The van der Waals surface area contributed by atoms with Crippen LogP contribution in [0.1, 0.15) is 5.56 Å². The fourth-order valence-corrected chi connectivity index (χ4v) is 6.37. The van der Waals surface area contributed by atoms with Crippen LogP contribution in [0.5, 0.6) is 0 Å². The number of benzene rings is 1. The normalized spacial score (nSPS) is 28.7. The standard InChI is InChI=1S/C12H13FN2O2S2/c13-9-3-1-8(2-4-9)5-15-10-6-19(16,17)7-11(10)18-12(15)14/h1-4,10-11,14H,5-7H2/t10-,11-/m0/s1. The van der Waals surface area contributed by atoms with Crippen LogP contribution < -0.4 is 0 Å². The molecule has 0 aliphatic carbocycles. The summed E-state index contributed by atoms with van der Waals surface area (Å²) in [6, 6.07) is 5.98. The van der Waals surface area contributed by atoms with Gasteiger partial charge >= 0.3 is 0 Å². The zero-order chi connectivity index (χ0) is 13.6. The van der Waals surface area contributed by atoms with Crippen LogP contribution in [0.25, 0.3) is 0 Å². The maximum Gasteiger partial charge on any atom is 0.157 e. The van der Waals surface area contributed by atoms with Crippen LogP contribution in [-0.4, -0.2) is 41.3 Å². The molecule has 102 valence electrons. The minimum atomic E-state index is -2.98. The molecule has 4 nitrogen and oxygen atoms in total. The minimum Gasteiger partial charge on any atom is -0.342 e. The molecular formula is C12H13FN2O2S2. The monoisotopic (exact) mass is 300 g/mol. The molecule has 1 aromatic rings. The zero-order valence-electron chi connectivity index (χ0n) is 10.0. The lowest BCUT2D eigenvalue weighted by Crippen LogP contribution is -2.36. The van der Waals surface area contributed by atoms with E-state index >= 15 is 0 Å². The smallest absolute Gasteiger partial charge is 0.157 e. The van der Waals surface area contributed by atoms with Gasteiger partial charge in [-0.1, -0.05) is 23.9 Å². The molecule has 2 heterocycles. The van der Waals surface area contributed by atoms with Crippen LogP contribution in [0.2, 0.25) is 0 Å². The zero-order valence-corrected chi connectivity index (χ0v) is 11.7. The summed E-state index contributed by atoms with van der Waals surface area (Å²) >= 11 is 1.32. The molecule has 1 N–H and O–H groups in total. The third kappa shape index (κ3) is 2.49. The van der Waals surface area contributed by atoms with Gasteiger partial charge in [-0.3, -0.25) is 5.41 Å². The predicted octanol–water partition coefficient (Wildman–Crippen LogP) is 1.47. The molecule has 0 aromatic heterocycles. The average Bonchev–Trinajstić information content (AvgIpc) is 2.75. The maximum absolute atomic E-state index is 12.9. The van der Waals surface area contributed by atoms with Crippen molar-refractivity contribution in [3.8, 4) is 0 Å². The molecule has 2 saturated heterocycles. The van der Waals surface area contributed by atoms with Crippen molar-refractivity contribution in [3.63, 3.8) is 0 Å². The minimum absolute atomic E-state index is 0.0297. The number of hydrogen-bond donors (Lipinski definition) is 1. The van der Waals surface area contributed by atoms with Gasteiger partial charge in [0.25, 0.3) is 0 Å². The van der Waals surface area contributed by atoms with E-state index in [1.807, 2.05) is 4.90 Å². The number of hydrogen-bond acceptors (Lipinski definition) is 4. The first-order valence-corrected chi connectivity index (χ1v) is 8.61. The molecule has 7 heteroatoms. The van der Waals surface area contributed by atoms with Crippen molar-refractivity contribution in [2.45, 2.75) is 17.8 Å². The Morgan fingerprint density at radius 2 is 2.00 bits per heavy atom. The third-order valence-electron chi connectivity index (χ3n) is 3.46. The highest BCUT2D eigenvalue weighted by Gasteiger charge is 2.47. The highest BCUT2D eigenvalue weighted by Crippen LogP contribution is 2.38. The van der Waals surface area contributed by atoms with Crippen LogP contribution in [0.4, 0.5) is 4.39 Å². The molecule has 2 atom stereocenters. The molecule has 0 amide bonds. The van der Waals surface area contributed by atoms with Gasteiger partial charge in [-0.2, -0.15) is 0 Å². The lowest BCUT2D eigenvalue weighted by atomic mass is 10.1. The van der Waals surface area contributed by atoms with Crippen LogP contribution in [0.15, 0.2) is 24.3 Å². The van der Waals surface area contributed by atoms with Crippen LogP contribution in [0.3, 0.4) is 0 Å². The number of fused-ring (bicyclic) bond motifs is 1. The molecule has 2 fully saturated rings. The fraction of sp³-hybridized carbons (Fsp3) is 0.417. The Kier molecular flexibility index (Phi) is 3.05. The summed E-state index contributed by atoms with van der Waals surface area (Å²) < 4.78 is 36.1. The SMILES string of the molecule is N=C1S[C@H]2CS(=O)(=O)C[C@@H]2N1Cc1ccc(F)cc1. The summed E-state index contributed by atoms with van der Waals surface area (Å²) in [5.41, 5.74) is 0.886. The first kappa shape index (κ1) is 12.9. The number of nitrogens with one attached hydrogen (secondary N) is 1. The van der Waals surface area contributed by atoms with Gasteiger partial charge in [0.15, 0.2) is 15.0 Å². The average molecular weight is 300 g/mol. The van der Waals surface area contributed by atoms with Gasteiger partial charge < -0.3 is 4.90 Å². The molecule has 0 radical (unpaired) electrons. The quantitative estimate of drug-likeness (QED) is 0.898. The maximum atomic E-state index is 12.9. The molecule has 0 bridgehead atoms. The second-order valence-electron chi connectivity index (χ2n) is 4.86. The Morgan fingerprint density at radius 3 is 2.68 bits per heavy atom. The van der Waals surface area contributed by atoms with Crippen molar-refractivity contribution in [1.82, 2.24) is 4.90 Å². The van der Waals surface area contributed by atoms with E-state index in [1.54, 1.807) is 12.1 Å². The molecule has 19 heavy (non-hydrogen) atoms. The Balaban J connectivity index is 1.80. The molecule has 3 rings (SSSR count). The number of sulfone groups is 1. The highest BCUT2D eigenvalue weighted by molar-refractivity contribution is 8.15. The van der Waals surface area contributed by atoms with E-state index in [1.165, 1.54) is 23.9 Å². The molecule has 0 saturated carbocycles. The fourth-order valence-electron chi connectivity index (χ4n) is 2.54. The number of nitrogens with zero attached hydrogens (tertiary/aromatic N) is 1. The van der Waals surface area contributed by atoms with Gasteiger partial charge in [0.1, 0.15) is 5.82 Å². The Hall–Kier alpha value is -1.08.